The summed E-state index contributed by atoms with van der Waals surface area (Å²) >= 11 is 0. The molecule has 0 spiro atoms. The number of hydrogen-bond donors (Lipinski definition) is 2. The predicted octanol–water partition coefficient (Wildman–Crippen LogP) is 2.41. The number of aliphatic hydroxyl groups is 2. The van der Waals surface area contributed by atoms with Crippen LogP contribution in [0.3, 0.4) is 0 Å². The number of hydrogen-bond acceptors (Lipinski definition) is 4. The Morgan fingerprint density at radius 2 is 1.84 bits per heavy atom. The molecular weight excluding hydrogens is 244 g/mol. The van der Waals surface area contributed by atoms with Gasteiger partial charge in [0.2, 0.25) is 0 Å². The topological polar surface area (TPSA) is 74.6 Å². The molecule has 0 saturated carbocycles. The van der Waals surface area contributed by atoms with Gasteiger partial charge in [0, 0.05) is 5.92 Å². The first-order chi connectivity index (χ1) is 8.60. The Morgan fingerprint density at radius 3 is 2.26 bits per heavy atom. The van der Waals surface area contributed by atoms with Crippen LogP contribution in [0.4, 0.5) is 0 Å². The molecule has 1 rings (SSSR count). The van der Waals surface area contributed by atoms with Crippen molar-refractivity contribution in [2.24, 2.45) is 17.8 Å². The Hall–Kier alpha value is -1.16. The van der Waals surface area contributed by atoms with Crippen molar-refractivity contribution >= 4 is 11.6 Å². The molecule has 0 heterocycles. The zero-order valence-corrected chi connectivity index (χ0v) is 12.4. The Kier molecular flexibility index (Phi) is 4.56. The van der Waals surface area contributed by atoms with Gasteiger partial charge in [0.05, 0.1) is 5.92 Å². The zero-order chi connectivity index (χ0) is 15.0. The molecule has 0 aromatic rings. The Morgan fingerprint density at radius 1 is 1.32 bits per heavy atom. The summed E-state index contributed by atoms with van der Waals surface area (Å²) in [7, 11) is 0. The molecule has 0 saturated heterocycles. The Balaban J connectivity index is 3.06. The molecule has 4 nitrogen and oxygen atoms in total. The molecule has 0 fully saturated rings. The molecule has 0 amide bonds. The van der Waals surface area contributed by atoms with E-state index in [0.717, 1.165) is 6.42 Å². The molecule has 2 N–H and O–H groups in total. The molecule has 4 heteroatoms. The highest BCUT2D eigenvalue weighted by molar-refractivity contribution is 6.24. The number of carbonyl (C=O) groups is 2. The summed E-state index contributed by atoms with van der Waals surface area (Å²) in [5.74, 6) is -1.95. The molecule has 0 aromatic carbocycles. The fraction of sp³-hybridized carbons (Fsp3) is 0.733. The predicted molar refractivity (Wildman–Crippen MR) is 72.7 cm³/mol. The van der Waals surface area contributed by atoms with E-state index < -0.39 is 28.8 Å². The van der Waals surface area contributed by atoms with E-state index in [0.29, 0.717) is 12.3 Å². The number of ketones is 2. The lowest BCUT2D eigenvalue weighted by Crippen LogP contribution is -2.35. The van der Waals surface area contributed by atoms with Crippen LogP contribution in [0.2, 0.25) is 0 Å². The summed E-state index contributed by atoms with van der Waals surface area (Å²) in [5.41, 5.74) is -1.82. The van der Waals surface area contributed by atoms with Crippen LogP contribution in [0.1, 0.15) is 47.5 Å². The van der Waals surface area contributed by atoms with Gasteiger partial charge in [0.15, 0.2) is 11.6 Å². The number of rotatable bonds is 5. The van der Waals surface area contributed by atoms with Gasteiger partial charge in [-0.25, -0.2) is 0 Å². The number of Topliss-reactive ketones (excluding diaryl/α,β-unsaturated/α-hetero) is 2. The summed E-state index contributed by atoms with van der Waals surface area (Å²) in [6.45, 7) is 8.81. The minimum atomic E-state index is -1.62. The minimum Gasteiger partial charge on any atom is -0.508 e. The van der Waals surface area contributed by atoms with Gasteiger partial charge in [-0.3, -0.25) is 9.59 Å². The summed E-state index contributed by atoms with van der Waals surface area (Å²) < 4.78 is 0. The lowest BCUT2D eigenvalue weighted by Gasteiger charge is -2.25. The number of allylic oxidation sites excluding steroid dienone is 1. The summed E-state index contributed by atoms with van der Waals surface area (Å²) in [6.07, 6.45) is 1.24. The second kappa shape index (κ2) is 5.45. The standard InChI is InChI=1S/C15H24O4/c1-8(2)6-7-10-13(17)11(12(16)9(3)4)14(18)15(10,5)19/h8-10,18-19H,6-7H2,1-5H3/t10-,15+/m1/s1. The molecule has 0 aromatic heterocycles. The van der Waals surface area contributed by atoms with Crippen LogP contribution in [0.25, 0.3) is 0 Å². The van der Waals surface area contributed by atoms with E-state index in [1.54, 1.807) is 13.8 Å². The van der Waals surface area contributed by atoms with Crippen molar-refractivity contribution in [3.8, 4) is 0 Å². The van der Waals surface area contributed by atoms with Gasteiger partial charge in [-0.15, -0.1) is 0 Å². The van der Waals surface area contributed by atoms with Crippen molar-refractivity contribution in [2.75, 3.05) is 0 Å². The van der Waals surface area contributed by atoms with Crippen molar-refractivity contribution in [1.29, 1.82) is 0 Å². The van der Waals surface area contributed by atoms with Crippen LogP contribution in [0, 0.1) is 17.8 Å². The van der Waals surface area contributed by atoms with Crippen molar-refractivity contribution in [3.05, 3.63) is 11.3 Å². The lowest BCUT2D eigenvalue weighted by atomic mass is 9.84. The van der Waals surface area contributed by atoms with Gasteiger partial charge < -0.3 is 10.2 Å². The van der Waals surface area contributed by atoms with E-state index in [-0.39, 0.29) is 11.5 Å². The van der Waals surface area contributed by atoms with E-state index in [2.05, 4.69) is 0 Å². The van der Waals surface area contributed by atoms with Crippen LogP contribution in [-0.4, -0.2) is 27.4 Å². The molecule has 0 unspecified atom stereocenters. The Bertz CT molecular complexity index is 416. The highest BCUT2D eigenvalue weighted by Crippen LogP contribution is 2.40. The first-order valence-corrected chi connectivity index (χ1v) is 6.85. The van der Waals surface area contributed by atoms with Crippen LogP contribution in [0.15, 0.2) is 11.3 Å². The smallest absolute Gasteiger partial charge is 0.176 e. The average Bonchev–Trinajstić information content (AvgIpc) is 2.43. The van der Waals surface area contributed by atoms with Crippen LogP contribution in [0.5, 0.6) is 0 Å². The first kappa shape index (κ1) is 15.9. The maximum atomic E-state index is 12.3. The molecule has 0 radical (unpaired) electrons. The molecule has 2 atom stereocenters. The van der Waals surface area contributed by atoms with Gasteiger partial charge in [0.25, 0.3) is 0 Å². The molecule has 1 aliphatic carbocycles. The number of aliphatic hydroxyl groups excluding tert-OH is 1. The van der Waals surface area contributed by atoms with Crippen LogP contribution in [-0.2, 0) is 9.59 Å². The molecule has 0 aliphatic heterocycles. The zero-order valence-electron chi connectivity index (χ0n) is 12.4. The monoisotopic (exact) mass is 268 g/mol. The molecule has 0 bridgehead atoms. The van der Waals surface area contributed by atoms with Gasteiger partial charge >= 0.3 is 0 Å². The highest BCUT2D eigenvalue weighted by atomic mass is 16.3. The quantitative estimate of drug-likeness (QED) is 0.751. The summed E-state index contributed by atoms with van der Waals surface area (Å²) in [6, 6.07) is 0. The Labute approximate surface area is 114 Å². The average molecular weight is 268 g/mol. The van der Waals surface area contributed by atoms with E-state index in [1.807, 2.05) is 13.8 Å². The fourth-order valence-electron chi connectivity index (χ4n) is 2.40. The van der Waals surface area contributed by atoms with E-state index in [4.69, 9.17) is 0 Å². The van der Waals surface area contributed by atoms with Gasteiger partial charge in [-0.05, 0) is 19.3 Å². The van der Waals surface area contributed by atoms with Gasteiger partial charge in [-0.2, -0.15) is 0 Å². The highest BCUT2D eigenvalue weighted by Gasteiger charge is 2.51. The maximum Gasteiger partial charge on any atom is 0.176 e. The van der Waals surface area contributed by atoms with E-state index in [9.17, 15) is 19.8 Å². The van der Waals surface area contributed by atoms with Crippen molar-refractivity contribution in [1.82, 2.24) is 0 Å². The first-order valence-electron chi connectivity index (χ1n) is 6.85. The third-order valence-corrected chi connectivity index (χ3v) is 3.76. The second-order valence-corrected chi connectivity index (χ2v) is 6.28. The van der Waals surface area contributed by atoms with Crippen molar-refractivity contribution in [2.45, 2.75) is 53.1 Å². The molecule has 108 valence electrons. The normalized spacial score (nSPS) is 27.8. The lowest BCUT2D eigenvalue weighted by molar-refractivity contribution is -0.126. The fourth-order valence-corrected chi connectivity index (χ4v) is 2.40. The third-order valence-electron chi connectivity index (χ3n) is 3.76. The van der Waals surface area contributed by atoms with Gasteiger partial charge in [0.1, 0.15) is 16.9 Å². The van der Waals surface area contributed by atoms with Crippen molar-refractivity contribution in [3.63, 3.8) is 0 Å². The minimum absolute atomic E-state index is 0.200. The largest absolute Gasteiger partial charge is 0.508 e. The van der Waals surface area contributed by atoms with E-state index in [1.165, 1.54) is 6.92 Å². The third kappa shape index (κ3) is 2.89. The SMILES string of the molecule is CC(C)CC[C@@H]1C(=O)C(C(=O)C(C)C)=C(O)[C@@]1(C)O. The molecule has 1 aliphatic rings. The van der Waals surface area contributed by atoms with E-state index >= 15 is 0 Å². The molecule has 19 heavy (non-hydrogen) atoms. The van der Waals surface area contributed by atoms with Crippen LogP contribution < -0.4 is 0 Å². The molecular formula is C15H24O4. The summed E-state index contributed by atoms with van der Waals surface area (Å²) in [5, 5.41) is 20.4. The van der Waals surface area contributed by atoms with Crippen LogP contribution >= 0.6 is 0 Å². The second-order valence-electron chi connectivity index (χ2n) is 6.28. The van der Waals surface area contributed by atoms with Crippen molar-refractivity contribution < 1.29 is 19.8 Å². The van der Waals surface area contributed by atoms with Gasteiger partial charge in [-0.1, -0.05) is 34.1 Å². The maximum absolute atomic E-state index is 12.3. The summed E-state index contributed by atoms with van der Waals surface area (Å²) in [4.78, 5) is 24.3. The number of carbonyl (C=O) groups excluding carboxylic acids is 2.